The average Bonchev–Trinajstić information content (AvgIpc) is 2.62. The number of nitrogens with one attached hydrogen (secondary N) is 1. The number of amides is 1. The summed E-state index contributed by atoms with van der Waals surface area (Å²) in [6.45, 7) is 1.55. The molecule has 0 bridgehead atoms. The molecule has 7 heteroatoms. The molecule has 1 amide bonds. The van der Waals surface area contributed by atoms with Crippen LogP contribution < -0.4 is 5.43 Å². The molecule has 0 fully saturated rings. The van der Waals surface area contributed by atoms with E-state index in [-0.39, 0.29) is 11.4 Å². The molecule has 2 rings (SSSR count). The lowest BCUT2D eigenvalue weighted by molar-refractivity contribution is -0.121. The van der Waals surface area contributed by atoms with Gasteiger partial charge in [0, 0.05) is 13.3 Å². The Morgan fingerprint density at radius 1 is 1.12 bits per heavy atom. The summed E-state index contributed by atoms with van der Waals surface area (Å²) in [5.74, 6) is -0.521. The standard InChI is InChI=1S/C19H21N3O3S/c1-16-10-12-18(13-11-16)26(24,25)22(2)15-19(23)21-20-14-6-9-17-7-4-3-5-8-17/h3-14H,15H2,1-2H3,(H,21,23)/b9-6+,20-14-. The molecule has 0 heterocycles. The molecule has 26 heavy (non-hydrogen) atoms. The minimum atomic E-state index is -3.72. The Bertz CT molecular complexity index is 889. The van der Waals surface area contributed by atoms with Crippen molar-refractivity contribution >= 4 is 28.2 Å². The van der Waals surface area contributed by atoms with Gasteiger partial charge in [0.05, 0.1) is 11.4 Å². The zero-order valence-corrected chi connectivity index (χ0v) is 15.5. The number of hydrogen-bond donors (Lipinski definition) is 1. The summed E-state index contributed by atoms with van der Waals surface area (Å²) >= 11 is 0. The Balaban J connectivity index is 1.87. The van der Waals surface area contributed by atoms with Crippen LogP contribution in [0.25, 0.3) is 6.08 Å². The van der Waals surface area contributed by atoms with Gasteiger partial charge in [0.2, 0.25) is 10.0 Å². The van der Waals surface area contributed by atoms with E-state index in [2.05, 4.69) is 10.5 Å². The molecular weight excluding hydrogens is 350 g/mol. The second-order valence-electron chi connectivity index (χ2n) is 5.66. The van der Waals surface area contributed by atoms with Crippen molar-refractivity contribution in [3.63, 3.8) is 0 Å². The quantitative estimate of drug-likeness (QED) is 0.600. The lowest BCUT2D eigenvalue weighted by atomic mass is 10.2. The minimum Gasteiger partial charge on any atom is -0.272 e. The second kappa shape index (κ2) is 9.07. The van der Waals surface area contributed by atoms with E-state index in [0.29, 0.717) is 0 Å². The van der Waals surface area contributed by atoms with Crippen LogP contribution in [0.3, 0.4) is 0 Å². The first-order chi connectivity index (χ1) is 12.4. The third-order valence-corrected chi connectivity index (χ3v) is 5.35. The molecule has 6 nitrogen and oxygen atoms in total. The number of hydrogen-bond acceptors (Lipinski definition) is 4. The number of nitrogens with zero attached hydrogens (tertiary/aromatic N) is 2. The van der Waals surface area contributed by atoms with Gasteiger partial charge in [0.25, 0.3) is 5.91 Å². The molecule has 0 aliphatic rings. The molecule has 2 aromatic carbocycles. The predicted molar refractivity (Wildman–Crippen MR) is 103 cm³/mol. The van der Waals surface area contributed by atoms with Crippen LogP contribution in [-0.2, 0) is 14.8 Å². The Morgan fingerprint density at radius 3 is 2.42 bits per heavy atom. The van der Waals surface area contributed by atoms with Crippen molar-refractivity contribution in [2.75, 3.05) is 13.6 Å². The summed E-state index contributed by atoms with van der Waals surface area (Å²) in [6.07, 6.45) is 4.95. The first kappa shape index (κ1) is 19.6. The van der Waals surface area contributed by atoms with Gasteiger partial charge in [0.1, 0.15) is 0 Å². The van der Waals surface area contributed by atoms with Gasteiger partial charge < -0.3 is 0 Å². The molecule has 0 aliphatic carbocycles. The number of allylic oxidation sites excluding steroid dienone is 1. The molecule has 1 N–H and O–H groups in total. The fraction of sp³-hybridized carbons (Fsp3) is 0.158. The van der Waals surface area contributed by atoms with Gasteiger partial charge >= 0.3 is 0 Å². The van der Waals surface area contributed by atoms with E-state index < -0.39 is 15.9 Å². The highest BCUT2D eigenvalue weighted by Gasteiger charge is 2.22. The van der Waals surface area contributed by atoms with E-state index >= 15 is 0 Å². The summed E-state index contributed by atoms with van der Waals surface area (Å²) in [5, 5.41) is 3.77. The van der Waals surface area contributed by atoms with E-state index in [4.69, 9.17) is 0 Å². The Kier molecular flexibility index (Phi) is 6.82. The van der Waals surface area contributed by atoms with Crippen molar-refractivity contribution in [2.24, 2.45) is 5.10 Å². The van der Waals surface area contributed by atoms with Crippen LogP contribution in [0.4, 0.5) is 0 Å². The second-order valence-corrected chi connectivity index (χ2v) is 7.70. The first-order valence-corrected chi connectivity index (χ1v) is 9.40. The van der Waals surface area contributed by atoms with Crippen molar-refractivity contribution in [1.29, 1.82) is 0 Å². The molecule has 0 atom stereocenters. The van der Waals surface area contributed by atoms with E-state index in [1.807, 2.05) is 43.3 Å². The van der Waals surface area contributed by atoms with Crippen molar-refractivity contribution in [3.8, 4) is 0 Å². The van der Waals surface area contributed by atoms with Crippen LogP contribution in [-0.4, -0.2) is 38.4 Å². The van der Waals surface area contributed by atoms with Gasteiger partial charge in [-0.05, 0) is 30.7 Å². The van der Waals surface area contributed by atoms with Crippen molar-refractivity contribution in [2.45, 2.75) is 11.8 Å². The van der Waals surface area contributed by atoms with Crippen LogP contribution in [0.15, 0.2) is 70.7 Å². The Labute approximate surface area is 153 Å². The number of benzene rings is 2. The molecule has 0 aliphatic heterocycles. The van der Waals surface area contributed by atoms with Crippen LogP contribution in [0.5, 0.6) is 0 Å². The molecule has 2 aromatic rings. The minimum absolute atomic E-state index is 0.146. The van der Waals surface area contributed by atoms with Crippen molar-refractivity contribution in [3.05, 3.63) is 71.8 Å². The maximum absolute atomic E-state index is 12.4. The fourth-order valence-corrected chi connectivity index (χ4v) is 3.21. The Morgan fingerprint density at radius 2 is 1.77 bits per heavy atom. The van der Waals surface area contributed by atoms with Crippen LogP contribution >= 0.6 is 0 Å². The topological polar surface area (TPSA) is 78.8 Å². The number of hydrazone groups is 1. The lowest BCUT2D eigenvalue weighted by Crippen LogP contribution is -2.36. The molecule has 136 valence electrons. The highest BCUT2D eigenvalue weighted by Crippen LogP contribution is 2.14. The van der Waals surface area contributed by atoms with E-state index in [1.54, 1.807) is 18.2 Å². The normalized spacial score (nSPS) is 12.1. The highest BCUT2D eigenvalue weighted by molar-refractivity contribution is 7.89. The third kappa shape index (κ3) is 5.65. The maximum Gasteiger partial charge on any atom is 0.255 e. The number of carbonyl (C=O) groups is 1. The smallest absolute Gasteiger partial charge is 0.255 e. The van der Waals surface area contributed by atoms with Crippen LogP contribution in [0, 0.1) is 6.92 Å². The van der Waals surface area contributed by atoms with Crippen molar-refractivity contribution in [1.82, 2.24) is 9.73 Å². The first-order valence-electron chi connectivity index (χ1n) is 7.96. The number of aryl methyl sites for hydroxylation is 1. The molecular formula is C19H21N3O3S. The zero-order valence-electron chi connectivity index (χ0n) is 14.7. The van der Waals surface area contributed by atoms with Crippen LogP contribution in [0.1, 0.15) is 11.1 Å². The monoisotopic (exact) mass is 371 g/mol. The Hall–Kier alpha value is -2.77. The van der Waals surface area contributed by atoms with Gasteiger partial charge in [-0.15, -0.1) is 0 Å². The predicted octanol–water partition coefficient (Wildman–Crippen LogP) is 2.43. The molecule has 0 spiro atoms. The zero-order chi connectivity index (χ0) is 19.0. The molecule has 0 aromatic heterocycles. The van der Waals surface area contributed by atoms with E-state index in [0.717, 1.165) is 15.4 Å². The summed E-state index contributed by atoms with van der Waals surface area (Å²) in [5.41, 5.74) is 4.27. The van der Waals surface area contributed by atoms with E-state index in [1.165, 1.54) is 25.4 Å². The largest absolute Gasteiger partial charge is 0.272 e. The highest BCUT2D eigenvalue weighted by atomic mass is 32.2. The van der Waals surface area contributed by atoms with Crippen molar-refractivity contribution < 1.29 is 13.2 Å². The molecule has 0 unspecified atom stereocenters. The summed E-state index contributed by atoms with van der Waals surface area (Å²) in [7, 11) is -2.36. The lowest BCUT2D eigenvalue weighted by Gasteiger charge is -2.16. The SMILES string of the molecule is Cc1ccc(S(=O)(=O)N(C)CC(=O)N/N=C\C=C\c2ccccc2)cc1. The van der Waals surface area contributed by atoms with Gasteiger partial charge in [-0.1, -0.05) is 54.1 Å². The van der Waals surface area contributed by atoms with Gasteiger partial charge in [0.15, 0.2) is 0 Å². The molecule has 0 saturated heterocycles. The third-order valence-electron chi connectivity index (χ3n) is 3.53. The van der Waals surface area contributed by atoms with Crippen LogP contribution in [0.2, 0.25) is 0 Å². The number of likely N-dealkylation sites (N-methyl/N-ethyl adjacent to an activating group) is 1. The van der Waals surface area contributed by atoms with Gasteiger partial charge in [-0.3, -0.25) is 4.79 Å². The molecule has 0 radical (unpaired) electrons. The van der Waals surface area contributed by atoms with E-state index in [9.17, 15) is 13.2 Å². The summed E-state index contributed by atoms with van der Waals surface area (Å²) < 4.78 is 25.8. The maximum atomic E-state index is 12.4. The summed E-state index contributed by atoms with van der Waals surface area (Å²) in [6, 6.07) is 16.1. The number of rotatable bonds is 7. The number of carbonyl (C=O) groups excluding carboxylic acids is 1. The summed E-state index contributed by atoms with van der Waals surface area (Å²) in [4.78, 5) is 12.0. The molecule has 0 saturated carbocycles. The average molecular weight is 371 g/mol. The van der Waals surface area contributed by atoms with Gasteiger partial charge in [-0.25, -0.2) is 13.8 Å². The number of sulfonamides is 1. The fourth-order valence-electron chi connectivity index (χ4n) is 2.08. The van der Waals surface area contributed by atoms with Gasteiger partial charge in [-0.2, -0.15) is 9.41 Å².